The van der Waals surface area contributed by atoms with Crippen molar-refractivity contribution < 1.29 is 37.0 Å². The molecule has 0 aromatic heterocycles. The molecule has 1 aliphatic rings. The normalized spacial score (nSPS) is 14.8. The van der Waals surface area contributed by atoms with Gasteiger partial charge in [-0.1, -0.05) is 30.3 Å². The Kier molecular flexibility index (Phi) is 10.7. The summed E-state index contributed by atoms with van der Waals surface area (Å²) in [6.45, 7) is 6.20. The highest BCUT2D eigenvalue weighted by molar-refractivity contribution is 5.80. The van der Waals surface area contributed by atoms with E-state index in [-0.39, 0.29) is 43.0 Å². The second kappa shape index (κ2) is 14.3. The lowest BCUT2D eigenvalue weighted by Crippen LogP contribution is -2.30. The summed E-state index contributed by atoms with van der Waals surface area (Å²) in [5.74, 6) is 0.767. The molecule has 0 heterocycles. The Morgan fingerprint density at radius 1 is 0.932 bits per heavy atom. The van der Waals surface area contributed by atoms with E-state index in [4.69, 9.17) is 14.2 Å². The minimum absolute atomic E-state index is 0.0210. The number of carbonyl (C=O) groups excluding carboxylic acids is 2. The van der Waals surface area contributed by atoms with Crippen LogP contribution >= 0.6 is 0 Å². The van der Waals surface area contributed by atoms with Gasteiger partial charge in [0.1, 0.15) is 35.2 Å². The number of para-hydroxylation sites is 1. The number of likely N-dealkylation sites (N-methyl/N-ethyl adjacent to an activating group) is 1. The number of benzene rings is 3. The first-order chi connectivity index (χ1) is 20.8. The summed E-state index contributed by atoms with van der Waals surface area (Å²) in [6.07, 6.45) is -1.38. The van der Waals surface area contributed by atoms with Gasteiger partial charge in [-0.2, -0.15) is 13.2 Å². The molecular formula is C35H40F3NO5. The maximum absolute atomic E-state index is 13.8. The summed E-state index contributed by atoms with van der Waals surface area (Å²) in [6, 6.07) is 18.1. The molecule has 0 bridgehead atoms. The minimum atomic E-state index is -4.58. The van der Waals surface area contributed by atoms with Crippen molar-refractivity contribution in [2.45, 2.75) is 77.2 Å². The third-order valence-electron chi connectivity index (χ3n) is 7.38. The molecule has 0 fully saturated rings. The molecule has 9 heteroatoms. The van der Waals surface area contributed by atoms with E-state index in [0.29, 0.717) is 30.0 Å². The van der Waals surface area contributed by atoms with E-state index >= 15 is 0 Å². The highest BCUT2D eigenvalue weighted by Crippen LogP contribution is 2.40. The molecule has 44 heavy (non-hydrogen) atoms. The molecule has 3 aromatic rings. The lowest BCUT2D eigenvalue weighted by Gasteiger charge is -2.21. The summed E-state index contributed by atoms with van der Waals surface area (Å²) in [5.41, 5.74) is 1.32. The van der Waals surface area contributed by atoms with Gasteiger partial charge in [0.15, 0.2) is 0 Å². The van der Waals surface area contributed by atoms with Crippen molar-refractivity contribution in [3.63, 3.8) is 0 Å². The van der Waals surface area contributed by atoms with E-state index in [1.54, 1.807) is 36.4 Å². The predicted octanol–water partition coefficient (Wildman–Crippen LogP) is 8.12. The number of hydrogen-bond donors (Lipinski definition) is 0. The summed E-state index contributed by atoms with van der Waals surface area (Å²) in [7, 11) is 1.82. The third kappa shape index (κ3) is 9.84. The van der Waals surface area contributed by atoms with Crippen molar-refractivity contribution in [2.75, 3.05) is 20.1 Å². The first-order valence-electron chi connectivity index (χ1n) is 14.9. The van der Waals surface area contributed by atoms with Crippen LogP contribution in [0.25, 0.3) is 0 Å². The van der Waals surface area contributed by atoms with E-state index in [9.17, 15) is 22.8 Å². The standard InChI is InChI=1S/C35H40F3NO5/c1-34(2,3)44-33(41)18-19-39(4)22-27(40)14-13-25-11-12-26-21-29(15-16-30(25)26)42-23-24-10-17-32(31(20-24)35(36,37)38)43-28-8-6-5-7-9-28/h5-10,15-17,20-21,25H,11-14,18-19,22-23H2,1-4H3. The molecule has 4 rings (SSSR count). The summed E-state index contributed by atoms with van der Waals surface area (Å²) >= 11 is 0. The molecule has 236 valence electrons. The second-order valence-electron chi connectivity index (χ2n) is 12.3. The number of aryl methyl sites for hydroxylation is 1. The molecule has 1 atom stereocenters. The zero-order chi connectivity index (χ0) is 31.9. The van der Waals surface area contributed by atoms with Gasteiger partial charge < -0.3 is 14.2 Å². The smallest absolute Gasteiger partial charge is 0.419 e. The number of rotatable bonds is 13. The zero-order valence-electron chi connectivity index (χ0n) is 25.7. The number of Topliss-reactive ketones (excluding diaryl/α,β-unsaturated/α-hetero) is 1. The molecule has 0 radical (unpaired) electrons. The van der Waals surface area contributed by atoms with Gasteiger partial charge in [0, 0.05) is 13.0 Å². The molecule has 6 nitrogen and oxygen atoms in total. The van der Waals surface area contributed by atoms with Crippen LogP contribution in [0.1, 0.15) is 74.6 Å². The lowest BCUT2D eigenvalue weighted by atomic mass is 9.95. The van der Waals surface area contributed by atoms with E-state index in [0.717, 1.165) is 30.9 Å². The van der Waals surface area contributed by atoms with Crippen molar-refractivity contribution in [3.8, 4) is 17.2 Å². The Balaban J connectivity index is 1.28. The summed E-state index contributed by atoms with van der Waals surface area (Å²) in [4.78, 5) is 26.4. The average molecular weight is 612 g/mol. The lowest BCUT2D eigenvalue weighted by molar-refractivity contribution is -0.155. The Labute approximate surface area is 257 Å². The van der Waals surface area contributed by atoms with Crippen LogP contribution in [-0.2, 0) is 33.5 Å². The van der Waals surface area contributed by atoms with Gasteiger partial charge in [0.25, 0.3) is 0 Å². The predicted molar refractivity (Wildman–Crippen MR) is 162 cm³/mol. The largest absolute Gasteiger partial charge is 0.489 e. The summed E-state index contributed by atoms with van der Waals surface area (Å²) < 4.78 is 58.1. The van der Waals surface area contributed by atoms with E-state index < -0.39 is 17.3 Å². The SMILES string of the molecule is CN(CCC(=O)OC(C)(C)C)CC(=O)CCC1CCc2cc(OCc3ccc(Oc4ccccc4)c(C(F)(F)F)c3)ccc21. The topological polar surface area (TPSA) is 65.1 Å². The highest BCUT2D eigenvalue weighted by atomic mass is 19.4. The van der Waals surface area contributed by atoms with Crippen LogP contribution in [0.15, 0.2) is 66.7 Å². The van der Waals surface area contributed by atoms with Crippen molar-refractivity contribution in [3.05, 3.63) is 89.0 Å². The van der Waals surface area contributed by atoms with Gasteiger partial charge in [0.2, 0.25) is 0 Å². The van der Waals surface area contributed by atoms with Gasteiger partial charge in [-0.3, -0.25) is 14.5 Å². The maximum Gasteiger partial charge on any atom is 0.419 e. The highest BCUT2D eigenvalue weighted by Gasteiger charge is 2.35. The fourth-order valence-corrected chi connectivity index (χ4v) is 5.30. The van der Waals surface area contributed by atoms with Crippen molar-refractivity contribution >= 4 is 11.8 Å². The first kappa shape index (κ1) is 33.1. The van der Waals surface area contributed by atoms with E-state index in [1.807, 2.05) is 50.9 Å². The Hall–Kier alpha value is -3.85. The number of hydrogen-bond acceptors (Lipinski definition) is 6. The fourth-order valence-electron chi connectivity index (χ4n) is 5.30. The number of ether oxygens (including phenoxy) is 3. The third-order valence-corrected chi connectivity index (χ3v) is 7.38. The Bertz CT molecular complexity index is 1430. The molecule has 3 aromatic carbocycles. The van der Waals surface area contributed by atoms with Crippen molar-refractivity contribution in [2.24, 2.45) is 0 Å². The van der Waals surface area contributed by atoms with Crippen molar-refractivity contribution in [1.29, 1.82) is 0 Å². The number of fused-ring (bicyclic) bond motifs is 1. The molecule has 1 unspecified atom stereocenters. The van der Waals surface area contributed by atoms with Gasteiger partial charge in [-0.15, -0.1) is 0 Å². The fraction of sp³-hybridized carbons (Fsp3) is 0.429. The van der Waals surface area contributed by atoms with Gasteiger partial charge in [-0.25, -0.2) is 0 Å². The van der Waals surface area contributed by atoms with Gasteiger partial charge >= 0.3 is 12.1 Å². The van der Waals surface area contributed by atoms with Crippen LogP contribution in [0.5, 0.6) is 17.2 Å². The minimum Gasteiger partial charge on any atom is -0.489 e. The van der Waals surface area contributed by atoms with Crippen LogP contribution in [0.3, 0.4) is 0 Å². The van der Waals surface area contributed by atoms with Crippen LogP contribution < -0.4 is 9.47 Å². The number of esters is 1. The molecular weight excluding hydrogens is 571 g/mol. The number of carbonyl (C=O) groups is 2. The monoisotopic (exact) mass is 611 g/mol. The molecule has 0 amide bonds. The molecule has 0 saturated carbocycles. The first-order valence-corrected chi connectivity index (χ1v) is 14.9. The zero-order valence-corrected chi connectivity index (χ0v) is 25.7. The van der Waals surface area contributed by atoms with E-state index in [1.165, 1.54) is 11.6 Å². The maximum atomic E-state index is 13.8. The van der Waals surface area contributed by atoms with E-state index in [2.05, 4.69) is 0 Å². The van der Waals surface area contributed by atoms with Crippen LogP contribution in [0.2, 0.25) is 0 Å². The molecule has 0 saturated heterocycles. The van der Waals surface area contributed by atoms with Crippen LogP contribution in [0.4, 0.5) is 13.2 Å². The summed E-state index contributed by atoms with van der Waals surface area (Å²) in [5, 5.41) is 0. The molecule has 0 aliphatic heterocycles. The molecule has 1 aliphatic carbocycles. The molecule has 0 spiro atoms. The number of ketones is 1. The average Bonchev–Trinajstić information content (AvgIpc) is 3.36. The Morgan fingerprint density at radius 2 is 1.68 bits per heavy atom. The number of alkyl halides is 3. The van der Waals surface area contributed by atoms with Gasteiger partial charge in [0.05, 0.1) is 18.5 Å². The quantitative estimate of drug-likeness (QED) is 0.182. The van der Waals surface area contributed by atoms with Gasteiger partial charge in [-0.05, 0) is 106 Å². The number of nitrogens with zero attached hydrogens (tertiary/aromatic N) is 1. The van der Waals surface area contributed by atoms with Crippen LogP contribution in [-0.4, -0.2) is 42.4 Å². The van der Waals surface area contributed by atoms with Crippen molar-refractivity contribution in [1.82, 2.24) is 4.90 Å². The molecule has 0 N–H and O–H groups in total. The number of halogens is 3. The Morgan fingerprint density at radius 3 is 2.39 bits per heavy atom. The second-order valence-corrected chi connectivity index (χ2v) is 12.3. The van der Waals surface area contributed by atoms with Crippen LogP contribution in [0, 0.1) is 0 Å².